The number of benzene rings is 4. The Hall–Kier alpha value is -4.90. The predicted molar refractivity (Wildman–Crippen MR) is 139 cm³/mol. The van der Waals surface area contributed by atoms with E-state index in [1.54, 1.807) is 49.4 Å². The number of nitro benzene ring substituents is 1. The number of aryl methyl sites for hydroxylation is 1. The number of fused-ring (bicyclic) bond motifs is 2. The van der Waals surface area contributed by atoms with E-state index in [1.165, 1.54) is 24.4 Å². The molecule has 5 aromatic rings. The van der Waals surface area contributed by atoms with Crippen molar-refractivity contribution in [1.29, 1.82) is 0 Å². The number of nitrogens with zero attached hydrogens (tertiary/aromatic N) is 4. The van der Waals surface area contributed by atoms with Crippen molar-refractivity contribution in [2.75, 3.05) is 0 Å². The van der Waals surface area contributed by atoms with E-state index in [1.807, 2.05) is 12.1 Å². The van der Waals surface area contributed by atoms with Gasteiger partial charge in [-0.2, -0.15) is 18.2 Å². The highest BCUT2D eigenvalue weighted by Crippen LogP contribution is 2.31. The lowest BCUT2D eigenvalue weighted by Crippen LogP contribution is -2.20. The zero-order valence-electron chi connectivity index (χ0n) is 19.3. The lowest BCUT2D eigenvalue weighted by molar-refractivity contribution is -0.387. The summed E-state index contributed by atoms with van der Waals surface area (Å²) in [5.74, 6) is 0.218. The van der Waals surface area contributed by atoms with E-state index in [2.05, 4.69) is 10.1 Å². The topological polar surface area (TPSA) is 134 Å². The molecule has 11 heteroatoms. The number of nitro groups is 1. The highest BCUT2D eigenvalue weighted by atomic mass is 32.2. The van der Waals surface area contributed by atoms with E-state index in [0.29, 0.717) is 22.1 Å². The first-order chi connectivity index (χ1) is 17.8. The molecule has 37 heavy (non-hydrogen) atoms. The molecule has 0 saturated carbocycles. The van der Waals surface area contributed by atoms with Gasteiger partial charge < -0.3 is 4.18 Å². The third-order valence-electron chi connectivity index (χ3n) is 5.68. The van der Waals surface area contributed by atoms with E-state index >= 15 is 0 Å². The third-order valence-corrected chi connectivity index (χ3v) is 6.96. The minimum atomic E-state index is -4.59. The van der Waals surface area contributed by atoms with Crippen molar-refractivity contribution in [2.45, 2.75) is 11.8 Å². The smallest absolute Gasteiger partial charge is 0.346 e. The van der Waals surface area contributed by atoms with Gasteiger partial charge in [0.15, 0.2) is 10.6 Å². The fourth-order valence-electron chi connectivity index (χ4n) is 3.95. The highest BCUT2D eigenvalue weighted by molar-refractivity contribution is 7.87. The van der Waals surface area contributed by atoms with Gasteiger partial charge in [0, 0.05) is 11.6 Å². The second-order valence-corrected chi connectivity index (χ2v) is 9.51. The average molecular weight is 515 g/mol. The molecule has 0 saturated heterocycles. The number of aromatic nitrogens is 2. The van der Waals surface area contributed by atoms with Gasteiger partial charge in [-0.1, -0.05) is 54.6 Å². The second kappa shape index (κ2) is 9.28. The molecule has 0 aliphatic carbocycles. The van der Waals surface area contributed by atoms with Crippen LogP contribution >= 0.6 is 0 Å². The van der Waals surface area contributed by atoms with Gasteiger partial charge in [-0.3, -0.25) is 14.9 Å². The lowest BCUT2D eigenvalue weighted by Gasteiger charge is -2.12. The van der Waals surface area contributed by atoms with Crippen LogP contribution in [0.1, 0.15) is 11.4 Å². The summed E-state index contributed by atoms with van der Waals surface area (Å²) in [4.78, 5) is 27.5. The van der Waals surface area contributed by atoms with Crippen molar-refractivity contribution in [3.63, 3.8) is 0 Å². The van der Waals surface area contributed by atoms with Crippen LogP contribution in [0.3, 0.4) is 0 Å². The molecular formula is C26H18N4O6S. The van der Waals surface area contributed by atoms with Crippen LogP contribution in [0.15, 0.2) is 99.7 Å². The maximum absolute atomic E-state index is 13.1. The normalized spacial score (nSPS) is 11.8. The number of para-hydroxylation sites is 2. The first kappa shape index (κ1) is 23.8. The Balaban J connectivity index is 1.66. The SMILES string of the molecule is Cc1nc2ccccc2c(=O)n1N=Cc1c(OS(=O)(=O)c2ccccc2[N+](=O)[O-])ccc2ccccc12. The Labute approximate surface area is 210 Å². The molecule has 1 aromatic heterocycles. The van der Waals surface area contributed by atoms with Crippen LogP contribution < -0.4 is 9.74 Å². The van der Waals surface area contributed by atoms with Gasteiger partial charge in [-0.15, -0.1) is 0 Å². The van der Waals surface area contributed by atoms with Crippen LogP contribution in [-0.4, -0.2) is 29.2 Å². The van der Waals surface area contributed by atoms with Crippen LogP contribution in [0.25, 0.3) is 21.7 Å². The van der Waals surface area contributed by atoms with Gasteiger partial charge in [0.05, 0.1) is 22.0 Å². The van der Waals surface area contributed by atoms with E-state index in [4.69, 9.17) is 4.18 Å². The lowest BCUT2D eigenvalue weighted by atomic mass is 10.0. The third kappa shape index (κ3) is 4.43. The highest BCUT2D eigenvalue weighted by Gasteiger charge is 2.28. The van der Waals surface area contributed by atoms with Crippen LogP contribution in [0.2, 0.25) is 0 Å². The molecule has 0 fully saturated rings. The Bertz CT molecular complexity index is 1900. The van der Waals surface area contributed by atoms with Crippen molar-refractivity contribution in [1.82, 2.24) is 9.66 Å². The Morgan fingerprint density at radius 3 is 2.41 bits per heavy atom. The first-order valence-electron chi connectivity index (χ1n) is 11.0. The van der Waals surface area contributed by atoms with Crippen molar-refractivity contribution in [2.24, 2.45) is 5.10 Å². The maximum atomic E-state index is 13.1. The molecule has 0 aliphatic rings. The van der Waals surface area contributed by atoms with Crippen LogP contribution in [-0.2, 0) is 10.1 Å². The van der Waals surface area contributed by atoms with Gasteiger partial charge in [0.1, 0.15) is 5.82 Å². The predicted octanol–water partition coefficient (Wildman–Crippen LogP) is 4.42. The van der Waals surface area contributed by atoms with E-state index in [-0.39, 0.29) is 11.3 Å². The van der Waals surface area contributed by atoms with Gasteiger partial charge in [-0.25, -0.2) is 4.98 Å². The van der Waals surface area contributed by atoms with Crippen molar-refractivity contribution < 1.29 is 17.5 Å². The molecule has 0 spiro atoms. The minimum absolute atomic E-state index is 0.111. The fraction of sp³-hybridized carbons (Fsp3) is 0.0385. The van der Waals surface area contributed by atoms with Crippen LogP contribution in [0, 0.1) is 17.0 Å². The fourth-order valence-corrected chi connectivity index (χ4v) is 5.07. The molecule has 10 nitrogen and oxygen atoms in total. The van der Waals surface area contributed by atoms with E-state index in [9.17, 15) is 23.3 Å². The van der Waals surface area contributed by atoms with Crippen LogP contribution in [0.5, 0.6) is 5.75 Å². The quantitative estimate of drug-likeness (QED) is 0.142. The Morgan fingerprint density at radius 2 is 1.62 bits per heavy atom. The average Bonchev–Trinajstić information content (AvgIpc) is 2.89. The molecule has 0 bridgehead atoms. The minimum Gasteiger partial charge on any atom is -0.378 e. The molecule has 5 rings (SSSR count). The summed E-state index contributed by atoms with van der Waals surface area (Å²) >= 11 is 0. The molecule has 4 aromatic carbocycles. The van der Waals surface area contributed by atoms with Gasteiger partial charge >= 0.3 is 10.1 Å². The summed E-state index contributed by atoms with van der Waals surface area (Å²) < 4.78 is 32.7. The first-order valence-corrected chi connectivity index (χ1v) is 12.4. The zero-order valence-corrected chi connectivity index (χ0v) is 20.1. The molecule has 1 heterocycles. The summed E-state index contributed by atoms with van der Waals surface area (Å²) in [5.41, 5.74) is -0.210. The zero-order chi connectivity index (χ0) is 26.2. The molecule has 0 radical (unpaired) electrons. The van der Waals surface area contributed by atoms with Gasteiger partial charge in [-0.05, 0) is 42.0 Å². The summed E-state index contributed by atoms with van der Waals surface area (Å²) in [6, 6.07) is 22.0. The summed E-state index contributed by atoms with van der Waals surface area (Å²) in [6.45, 7) is 1.63. The number of hydrogen-bond donors (Lipinski definition) is 0. The molecule has 0 atom stereocenters. The van der Waals surface area contributed by atoms with Crippen molar-refractivity contribution in [3.05, 3.63) is 117 Å². The number of hydrogen-bond acceptors (Lipinski definition) is 8. The summed E-state index contributed by atoms with van der Waals surface area (Å²) in [5, 5.41) is 17.5. The molecule has 0 amide bonds. The number of rotatable bonds is 6. The maximum Gasteiger partial charge on any atom is 0.346 e. The molecular weight excluding hydrogens is 496 g/mol. The summed E-state index contributed by atoms with van der Waals surface area (Å²) in [6.07, 6.45) is 1.32. The molecule has 0 N–H and O–H groups in total. The van der Waals surface area contributed by atoms with Crippen molar-refractivity contribution >= 4 is 43.7 Å². The van der Waals surface area contributed by atoms with Gasteiger partial charge in [0.2, 0.25) is 0 Å². The largest absolute Gasteiger partial charge is 0.378 e. The Morgan fingerprint density at radius 1 is 0.946 bits per heavy atom. The van der Waals surface area contributed by atoms with Gasteiger partial charge in [0.25, 0.3) is 11.2 Å². The Kier molecular flexibility index (Phi) is 5.98. The van der Waals surface area contributed by atoms with E-state index < -0.39 is 31.2 Å². The standard InChI is InChI=1S/C26H18N4O6S/c1-17-28-22-11-5-4-10-20(22)26(31)29(17)27-16-21-19-9-3-2-8-18(19)14-15-24(21)36-37(34,35)25-13-7-6-12-23(25)30(32)33/h2-16H,1H3. The molecule has 184 valence electrons. The monoisotopic (exact) mass is 514 g/mol. The van der Waals surface area contributed by atoms with Crippen molar-refractivity contribution in [3.8, 4) is 5.75 Å². The van der Waals surface area contributed by atoms with Crippen LogP contribution in [0.4, 0.5) is 5.69 Å². The summed E-state index contributed by atoms with van der Waals surface area (Å²) in [7, 11) is -4.59. The van der Waals surface area contributed by atoms with E-state index in [0.717, 1.165) is 22.2 Å². The second-order valence-electron chi connectivity index (χ2n) is 8.00. The molecule has 0 aliphatic heterocycles. The molecule has 0 unspecified atom stereocenters.